The van der Waals surface area contributed by atoms with Gasteiger partial charge in [-0.3, -0.25) is 0 Å². The molecular formula is C12H16N4. The molecule has 0 bridgehead atoms. The summed E-state index contributed by atoms with van der Waals surface area (Å²) in [6.45, 7) is 6.99. The van der Waals surface area contributed by atoms with Crippen molar-refractivity contribution in [3.8, 4) is 6.07 Å². The first-order chi connectivity index (χ1) is 7.70. The van der Waals surface area contributed by atoms with Gasteiger partial charge in [-0.1, -0.05) is 0 Å². The molecule has 1 aromatic rings. The molecule has 1 atom stereocenters. The van der Waals surface area contributed by atoms with Gasteiger partial charge in [0.1, 0.15) is 11.9 Å². The fraction of sp³-hybridized carbons (Fsp3) is 0.500. The summed E-state index contributed by atoms with van der Waals surface area (Å²) in [4.78, 5) is 6.74. The van der Waals surface area contributed by atoms with Crippen molar-refractivity contribution in [2.75, 3.05) is 24.5 Å². The smallest absolute Gasteiger partial charge is 0.128 e. The molecule has 1 saturated heterocycles. The van der Waals surface area contributed by atoms with Crippen molar-refractivity contribution in [3.05, 3.63) is 23.4 Å². The van der Waals surface area contributed by atoms with Crippen LogP contribution in [0.5, 0.6) is 0 Å². The van der Waals surface area contributed by atoms with E-state index < -0.39 is 0 Å². The predicted octanol–water partition coefficient (Wildman–Crippen LogP) is 1.06. The van der Waals surface area contributed by atoms with E-state index in [1.165, 1.54) is 0 Å². The molecule has 0 aromatic carbocycles. The van der Waals surface area contributed by atoms with Gasteiger partial charge in [-0.2, -0.15) is 5.26 Å². The van der Waals surface area contributed by atoms with Crippen LogP contribution in [0.15, 0.2) is 12.1 Å². The van der Waals surface area contributed by atoms with E-state index in [2.05, 4.69) is 28.2 Å². The van der Waals surface area contributed by atoms with E-state index >= 15 is 0 Å². The van der Waals surface area contributed by atoms with Gasteiger partial charge in [0.25, 0.3) is 0 Å². The van der Waals surface area contributed by atoms with Gasteiger partial charge >= 0.3 is 0 Å². The van der Waals surface area contributed by atoms with E-state index in [1.54, 1.807) is 0 Å². The normalized spacial score (nSPS) is 20.6. The molecule has 1 aromatic heterocycles. The average Bonchev–Trinajstić information content (AvgIpc) is 2.29. The van der Waals surface area contributed by atoms with Crippen molar-refractivity contribution in [2.24, 2.45) is 0 Å². The Morgan fingerprint density at radius 1 is 1.56 bits per heavy atom. The molecule has 0 saturated carbocycles. The van der Waals surface area contributed by atoms with Crippen LogP contribution >= 0.6 is 0 Å². The molecule has 2 rings (SSSR count). The second-order valence-electron chi connectivity index (χ2n) is 4.22. The SMILES string of the molecule is Cc1nc(N2CCN[C@H](C)C2)ccc1C#N. The van der Waals surface area contributed by atoms with Crippen LogP contribution in [0.25, 0.3) is 0 Å². The van der Waals surface area contributed by atoms with Gasteiger partial charge in [0, 0.05) is 25.7 Å². The fourth-order valence-electron chi connectivity index (χ4n) is 1.98. The number of aryl methyl sites for hydroxylation is 1. The first-order valence-corrected chi connectivity index (χ1v) is 5.57. The minimum Gasteiger partial charge on any atom is -0.354 e. The van der Waals surface area contributed by atoms with Crippen LogP contribution in [-0.4, -0.2) is 30.7 Å². The molecule has 84 valence electrons. The van der Waals surface area contributed by atoms with Gasteiger partial charge < -0.3 is 10.2 Å². The number of nitrogens with zero attached hydrogens (tertiary/aromatic N) is 3. The third-order valence-corrected chi connectivity index (χ3v) is 2.88. The number of rotatable bonds is 1. The molecule has 0 unspecified atom stereocenters. The topological polar surface area (TPSA) is 52.0 Å². The average molecular weight is 216 g/mol. The largest absolute Gasteiger partial charge is 0.354 e. The lowest BCUT2D eigenvalue weighted by Gasteiger charge is -2.32. The summed E-state index contributed by atoms with van der Waals surface area (Å²) in [7, 11) is 0. The number of nitriles is 1. The summed E-state index contributed by atoms with van der Waals surface area (Å²) in [5.41, 5.74) is 1.47. The molecular weight excluding hydrogens is 200 g/mol. The molecule has 2 heterocycles. The highest BCUT2D eigenvalue weighted by molar-refractivity contribution is 5.45. The fourth-order valence-corrected chi connectivity index (χ4v) is 1.98. The van der Waals surface area contributed by atoms with Crippen molar-refractivity contribution in [1.29, 1.82) is 5.26 Å². The van der Waals surface area contributed by atoms with E-state index in [-0.39, 0.29) is 0 Å². The highest BCUT2D eigenvalue weighted by atomic mass is 15.2. The number of hydrogen-bond acceptors (Lipinski definition) is 4. The first-order valence-electron chi connectivity index (χ1n) is 5.57. The Morgan fingerprint density at radius 2 is 2.38 bits per heavy atom. The molecule has 1 aliphatic rings. The summed E-state index contributed by atoms with van der Waals surface area (Å²) in [6, 6.07) is 6.42. The maximum atomic E-state index is 8.85. The molecule has 4 heteroatoms. The van der Waals surface area contributed by atoms with Crippen LogP contribution in [0, 0.1) is 18.3 Å². The lowest BCUT2D eigenvalue weighted by atomic mass is 10.2. The Labute approximate surface area is 95.9 Å². The first kappa shape index (κ1) is 10.9. The van der Waals surface area contributed by atoms with Crippen LogP contribution in [-0.2, 0) is 0 Å². The lowest BCUT2D eigenvalue weighted by Crippen LogP contribution is -2.49. The molecule has 16 heavy (non-hydrogen) atoms. The zero-order valence-corrected chi connectivity index (χ0v) is 9.70. The third kappa shape index (κ3) is 2.15. The highest BCUT2D eigenvalue weighted by Gasteiger charge is 2.17. The number of piperazine rings is 1. The summed E-state index contributed by atoms with van der Waals surface area (Å²) in [5.74, 6) is 0.977. The Balaban J connectivity index is 2.21. The predicted molar refractivity (Wildman–Crippen MR) is 63.4 cm³/mol. The Hall–Kier alpha value is -1.60. The van der Waals surface area contributed by atoms with Gasteiger partial charge in [-0.05, 0) is 26.0 Å². The van der Waals surface area contributed by atoms with E-state index in [1.807, 2.05) is 19.1 Å². The molecule has 1 aliphatic heterocycles. The number of aromatic nitrogens is 1. The summed E-state index contributed by atoms with van der Waals surface area (Å²) < 4.78 is 0. The molecule has 1 fully saturated rings. The standard InChI is InChI=1S/C12H16N4/c1-9-8-16(6-5-14-9)12-4-3-11(7-13)10(2)15-12/h3-4,9,14H,5-6,8H2,1-2H3/t9-/m1/s1. The Morgan fingerprint density at radius 3 is 3.00 bits per heavy atom. The zero-order valence-electron chi connectivity index (χ0n) is 9.70. The Bertz CT molecular complexity index is 422. The van der Waals surface area contributed by atoms with Crippen LogP contribution in [0.1, 0.15) is 18.2 Å². The molecule has 1 N–H and O–H groups in total. The van der Waals surface area contributed by atoms with Crippen LogP contribution < -0.4 is 10.2 Å². The van der Waals surface area contributed by atoms with Crippen molar-refractivity contribution in [3.63, 3.8) is 0 Å². The maximum Gasteiger partial charge on any atom is 0.128 e. The number of pyridine rings is 1. The lowest BCUT2D eigenvalue weighted by molar-refractivity contribution is 0.482. The number of anilines is 1. The quantitative estimate of drug-likeness (QED) is 0.762. The minimum atomic E-state index is 0.492. The van der Waals surface area contributed by atoms with Gasteiger partial charge in [-0.15, -0.1) is 0 Å². The molecule has 0 amide bonds. The molecule has 0 radical (unpaired) electrons. The van der Waals surface area contributed by atoms with Crippen LogP contribution in [0.3, 0.4) is 0 Å². The minimum absolute atomic E-state index is 0.492. The molecule has 0 spiro atoms. The van der Waals surface area contributed by atoms with Gasteiger partial charge in [-0.25, -0.2) is 4.98 Å². The van der Waals surface area contributed by atoms with Crippen molar-refractivity contribution in [1.82, 2.24) is 10.3 Å². The monoisotopic (exact) mass is 216 g/mol. The van der Waals surface area contributed by atoms with Gasteiger partial charge in [0.2, 0.25) is 0 Å². The molecule has 0 aliphatic carbocycles. The summed E-state index contributed by atoms with van der Waals surface area (Å²) >= 11 is 0. The maximum absolute atomic E-state index is 8.85. The molecule has 4 nitrogen and oxygen atoms in total. The second-order valence-corrected chi connectivity index (χ2v) is 4.22. The van der Waals surface area contributed by atoms with Gasteiger partial charge in [0.05, 0.1) is 11.3 Å². The van der Waals surface area contributed by atoms with Crippen LogP contribution in [0.2, 0.25) is 0 Å². The van der Waals surface area contributed by atoms with E-state index in [4.69, 9.17) is 5.26 Å². The van der Waals surface area contributed by atoms with E-state index in [9.17, 15) is 0 Å². The van der Waals surface area contributed by atoms with Crippen LogP contribution in [0.4, 0.5) is 5.82 Å². The van der Waals surface area contributed by atoms with E-state index in [0.29, 0.717) is 11.6 Å². The number of nitrogens with one attached hydrogen (secondary N) is 1. The van der Waals surface area contributed by atoms with Gasteiger partial charge in [0.15, 0.2) is 0 Å². The van der Waals surface area contributed by atoms with E-state index in [0.717, 1.165) is 31.1 Å². The summed E-state index contributed by atoms with van der Waals surface area (Å²) in [6.07, 6.45) is 0. The highest BCUT2D eigenvalue weighted by Crippen LogP contribution is 2.15. The number of hydrogen-bond donors (Lipinski definition) is 1. The summed E-state index contributed by atoms with van der Waals surface area (Å²) in [5, 5.41) is 12.2. The van der Waals surface area contributed by atoms with Crippen molar-refractivity contribution in [2.45, 2.75) is 19.9 Å². The second kappa shape index (κ2) is 4.50. The zero-order chi connectivity index (χ0) is 11.5. The van der Waals surface area contributed by atoms with Crippen molar-refractivity contribution >= 4 is 5.82 Å². The third-order valence-electron chi connectivity index (χ3n) is 2.88. The Kier molecular flexibility index (Phi) is 3.07. The van der Waals surface area contributed by atoms with Crippen molar-refractivity contribution < 1.29 is 0 Å².